The molecule has 3 nitrogen and oxygen atoms in total. The molecule has 1 N–H and O–H groups in total. The van der Waals surface area contributed by atoms with Gasteiger partial charge in [0, 0.05) is 17.2 Å². The van der Waals surface area contributed by atoms with Crippen molar-refractivity contribution in [1.82, 2.24) is 9.78 Å². The molecule has 0 unspecified atom stereocenters. The zero-order valence-electron chi connectivity index (χ0n) is 10.1. The molecule has 4 heteroatoms. The number of aryl methyl sites for hydroxylation is 2. The van der Waals surface area contributed by atoms with Crippen molar-refractivity contribution in [3.05, 3.63) is 46.2 Å². The van der Waals surface area contributed by atoms with Gasteiger partial charge in [0.15, 0.2) is 0 Å². The Kier molecular flexibility index (Phi) is 3.84. The first-order valence-electron chi connectivity index (χ1n) is 5.71. The fraction of sp³-hybridized carbons (Fsp3) is 0.308. The van der Waals surface area contributed by atoms with Crippen LogP contribution in [0, 0.1) is 0 Å². The minimum absolute atomic E-state index is 0.784. The predicted molar refractivity (Wildman–Crippen MR) is 74.1 cm³/mol. The molecule has 0 aliphatic heterocycles. The second-order valence-electron chi connectivity index (χ2n) is 3.94. The molecule has 2 aromatic rings. The van der Waals surface area contributed by atoms with Crippen LogP contribution >= 0.6 is 15.9 Å². The number of benzene rings is 1. The zero-order valence-corrected chi connectivity index (χ0v) is 11.7. The van der Waals surface area contributed by atoms with Gasteiger partial charge in [-0.15, -0.1) is 0 Å². The van der Waals surface area contributed by atoms with Crippen LogP contribution in [0.15, 0.2) is 34.8 Å². The van der Waals surface area contributed by atoms with Gasteiger partial charge in [-0.3, -0.25) is 4.68 Å². The Morgan fingerprint density at radius 1 is 1.35 bits per heavy atom. The van der Waals surface area contributed by atoms with Crippen molar-refractivity contribution in [2.24, 2.45) is 7.05 Å². The van der Waals surface area contributed by atoms with Crippen LogP contribution in [0.3, 0.4) is 0 Å². The SMILES string of the molecule is CCc1cc(CNc2ccccc2Br)n(C)n1. The summed E-state index contributed by atoms with van der Waals surface area (Å²) in [7, 11) is 1.98. The van der Waals surface area contributed by atoms with Gasteiger partial charge in [0.2, 0.25) is 0 Å². The average molecular weight is 294 g/mol. The van der Waals surface area contributed by atoms with Crippen LogP contribution in [0.2, 0.25) is 0 Å². The van der Waals surface area contributed by atoms with Crippen molar-refractivity contribution >= 4 is 21.6 Å². The summed E-state index contributed by atoms with van der Waals surface area (Å²) < 4.78 is 3.01. The largest absolute Gasteiger partial charge is 0.378 e. The summed E-state index contributed by atoms with van der Waals surface area (Å²) in [6.45, 7) is 2.90. The summed E-state index contributed by atoms with van der Waals surface area (Å²) in [5.41, 5.74) is 3.43. The molecule has 1 heterocycles. The van der Waals surface area contributed by atoms with Crippen LogP contribution in [0.4, 0.5) is 5.69 Å². The second-order valence-corrected chi connectivity index (χ2v) is 4.79. The number of anilines is 1. The minimum atomic E-state index is 0.784. The molecule has 2 rings (SSSR count). The Hall–Kier alpha value is -1.29. The van der Waals surface area contributed by atoms with Crippen molar-refractivity contribution < 1.29 is 0 Å². The van der Waals surface area contributed by atoms with Crippen molar-refractivity contribution in [2.75, 3.05) is 5.32 Å². The number of para-hydroxylation sites is 1. The lowest BCUT2D eigenvalue weighted by Crippen LogP contribution is -2.05. The molecule has 0 saturated heterocycles. The van der Waals surface area contributed by atoms with Crippen molar-refractivity contribution in [3.8, 4) is 0 Å². The maximum Gasteiger partial charge on any atom is 0.0625 e. The monoisotopic (exact) mass is 293 g/mol. The molecule has 1 aromatic heterocycles. The quantitative estimate of drug-likeness (QED) is 0.937. The highest BCUT2D eigenvalue weighted by molar-refractivity contribution is 9.10. The highest BCUT2D eigenvalue weighted by Crippen LogP contribution is 2.21. The molecule has 0 bridgehead atoms. The van der Waals surface area contributed by atoms with Gasteiger partial charge in [-0.1, -0.05) is 19.1 Å². The third kappa shape index (κ3) is 2.88. The third-order valence-corrected chi connectivity index (χ3v) is 3.41. The topological polar surface area (TPSA) is 29.9 Å². The standard InChI is InChI=1S/C13H16BrN3/c1-3-10-8-11(17(2)16-10)9-15-13-7-5-4-6-12(13)14/h4-8,15H,3,9H2,1-2H3. The number of nitrogens with one attached hydrogen (secondary N) is 1. The third-order valence-electron chi connectivity index (χ3n) is 2.72. The van der Waals surface area contributed by atoms with Gasteiger partial charge in [-0.05, 0) is 40.5 Å². The van der Waals surface area contributed by atoms with Crippen LogP contribution in [0.5, 0.6) is 0 Å². The lowest BCUT2D eigenvalue weighted by Gasteiger charge is -2.08. The molecule has 0 aliphatic carbocycles. The molecule has 0 atom stereocenters. The highest BCUT2D eigenvalue weighted by atomic mass is 79.9. The summed E-state index contributed by atoms with van der Waals surface area (Å²) in [4.78, 5) is 0. The van der Waals surface area contributed by atoms with E-state index >= 15 is 0 Å². The maximum atomic E-state index is 4.43. The molecular weight excluding hydrogens is 278 g/mol. The molecular formula is C13H16BrN3. The Morgan fingerprint density at radius 3 is 2.76 bits per heavy atom. The van der Waals surface area contributed by atoms with Gasteiger partial charge in [-0.2, -0.15) is 5.10 Å². The van der Waals surface area contributed by atoms with Crippen LogP contribution in [0.25, 0.3) is 0 Å². The van der Waals surface area contributed by atoms with Gasteiger partial charge in [0.05, 0.1) is 17.9 Å². The first kappa shape index (κ1) is 12.2. The van der Waals surface area contributed by atoms with Crippen LogP contribution in [-0.4, -0.2) is 9.78 Å². The number of nitrogens with zero attached hydrogens (tertiary/aromatic N) is 2. The first-order chi connectivity index (χ1) is 8.20. The van der Waals surface area contributed by atoms with Gasteiger partial charge < -0.3 is 5.32 Å². The van der Waals surface area contributed by atoms with E-state index in [2.05, 4.69) is 45.4 Å². The summed E-state index contributed by atoms with van der Waals surface area (Å²) in [5.74, 6) is 0. The van der Waals surface area contributed by atoms with E-state index in [1.165, 1.54) is 5.69 Å². The normalized spacial score (nSPS) is 10.5. The molecule has 90 valence electrons. The molecule has 0 radical (unpaired) electrons. The molecule has 17 heavy (non-hydrogen) atoms. The van der Waals surface area contributed by atoms with Crippen LogP contribution in [-0.2, 0) is 20.0 Å². The summed E-state index contributed by atoms with van der Waals surface area (Å²) in [6.07, 6.45) is 0.975. The number of aromatic nitrogens is 2. The van der Waals surface area contributed by atoms with E-state index in [-0.39, 0.29) is 0 Å². The van der Waals surface area contributed by atoms with E-state index in [0.29, 0.717) is 0 Å². The fourth-order valence-electron chi connectivity index (χ4n) is 1.70. The molecule has 1 aromatic carbocycles. The lowest BCUT2D eigenvalue weighted by molar-refractivity contribution is 0.707. The van der Waals surface area contributed by atoms with Gasteiger partial charge in [0.25, 0.3) is 0 Å². The highest BCUT2D eigenvalue weighted by Gasteiger charge is 2.04. The van der Waals surface area contributed by atoms with E-state index < -0.39 is 0 Å². The fourth-order valence-corrected chi connectivity index (χ4v) is 2.13. The number of hydrogen-bond acceptors (Lipinski definition) is 2. The first-order valence-corrected chi connectivity index (χ1v) is 6.50. The van der Waals surface area contributed by atoms with Crippen molar-refractivity contribution in [3.63, 3.8) is 0 Å². The second kappa shape index (κ2) is 5.36. The van der Waals surface area contributed by atoms with Crippen molar-refractivity contribution in [2.45, 2.75) is 19.9 Å². The smallest absolute Gasteiger partial charge is 0.0625 e. The van der Waals surface area contributed by atoms with Gasteiger partial charge in [-0.25, -0.2) is 0 Å². The minimum Gasteiger partial charge on any atom is -0.378 e. The molecule has 0 fully saturated rings. The Labute approximate surface area is 110 Å². The molecule has 0 aliphatic rings. The number of rotatable bonds is 4. The van der Waals surface area contributed by atoms with Crippen LogP contribution < -0.4 is 5.32 Å². The van der Waals surface area contributed by atoms with E-state index in [9.17, 15) is 0 Å². The molecule has 0 amide bonds. The predicted octanol–water partition coefficient (Wildman–Crippen LogP) is 3.36. The summed E-state index contributed by atoms with van der Waals surface area (Å²) in [5, 5.41) is 7.83. The Morgan fingerprint density at radius 2 is 2.12 bits per heavy atom. The summed E-state index contributed by atoms with van der Waals surface area (Å²) >= 11 is 3.52. The van der Waals surface area contributed by atoms with E-state index in [1.54, 1.807) is 0 Å². The van der Waals surface area contributed by atoms with Crippen molar-refractivity contribution in [1.29, 1.82) is 0 Å². The average Bonchev–Trinajstić information content (AvgIpc) is 2.69. The van der Waals surface area contributed by atoms with Gasteiger partial charge in [0.1, 0.15) is 0 Å². The summed E-state index contributed by atoms with van der Waals surface area (Å²) in [6, 6.07) is 10.3. The van der Waals surface area contributed by atoms with Crippen LogP contribution in [0.1, 0.15) is 18.3 Å². The number of hydrogen-bond donors (Lipinski definition) is 1. The maximum absolute atomic E-state index is 4.43. The lowest BCUT2D eigenvalue weighted by atomic mass is 10.3. The van der Waals surface area contributed by atoms with E-state index in [4.69, 9.17) is 0 Å². The zero-order chi connectivity index (χ0) is 12.3. The Balaban J connectivity index is 2.07. The number of halogens is 1. The Bertz CT molecular complexity index is 505. The van der Waals surface area contributed by atoms with Gasteiger partial charge >= 0.3 is 0 Å². The molecule has 0 saturated carbocycles. The molecule has 0 spiro atoms. The van der Waals surface area contributed by atoms with E-state index in [1.807, 2.05) is 29.9 Å². The van der Waals surface area contributed by atoms with E-state index in [0.717, 1.165) is 28.8 Å².